The van der Waals surface area contributed by atoms with Crippen LogP contribution in [0.2, 0.25) is 5.02 Å². The number of hydrogen-bond acceptors (Lipinski definition) is 4. The van der Waals surface area contributed by atoms with E-state index in [1.807, 2.05) is 0 Å². The van der Waals surface area contributed by atoms with E-state index in [9.17, 15) is 9.59 Å². The highest BCUT2D eigenvalue weighted by molar-refractivity contribution is 6.40. The molecule has 0 saturated carbocycles. The minimum atomic E-state index is -0.830. The van der Waals surface area contributed by atoms with Crippen LogP contribution in [0.15, 0.2) is 36.7 Å². The number of carbonyl (C=O) groups excluding carboxylic acids is 2. The second-order valence-electron chi connectivity index (χ2n) is 4.63. The quantitative estimate of drug-likeness (QED) is 0.731. The third kappa shape index (κ3) is 3.84. The topological polar surface area (TPSA) is 96.3 Å². The first kappa shape index (κ1) is 16.0. The Bertz CT molecular complexity index is 673. The van der Waals surface area contributed by atoms with Crippen molar-refractivity contribution in [1.82, 2.24) is 15.1 Å². The number of amides is 2. The van der Waals surface area contributed by atoms with Gasteiger partial charge in [-0.05, 0) is 31.2 Å². The van der Waals surface area contributed by atoms with Gasteiger partial charge in [-0.15, -0.1) is 0 Å². The number of anilines is 1. The van der Waals surface area contributed by atoms with Crippen LogP contribution in [0.25, 0.3) is 5.69 Å². The van der Waals surface area contributed by atoms with Gasteiger partial charge in [0.2, 0.25) is 0 Å². The number of carbonyl (C=O) groups is 2. The van der Waals surface area contributed by atoms with Gasteiger partial charge < -0.3 is 15.7 Å². The molecule has 0 saturated heterocycles. The Labute approximate surface area is 131 Å². The summed E-state index contributed by atoms with van der Waals surface area (Å²) in [6, 6.07) is 6.09. The molecule has 8 heteroatoms. The summed E-state index contributed by atoms with van der Waals surface area (Å²) in [6.07, 6.45) is 3.36. The number of nitrogens with zero attached hydrogens (tertiary/aromatic N) is 2. The van der Waals surface area contributed by atoms with Crippen LogP contribution in [-0.2, 0) is 9.59 Å². The predicted molar refractivity (Wildman–Crippen MR) is 81.9 cm³/mol. The highest BCUT2D eigenvalue weighted by atomic mass is 35.5. The lowest BCUT2D eigenvalue weighted by molar-refractivity contribution is -0.136. The zero-order chi connectivity index (χ0) is 16.1. The van der Waals surface area contributed by atoms with Crippen molar-refractivity contribution >= 4 is 29.1 Å². The fourth-order valence-electron chi connectivity index (χ4n) is 1.70. The molecule has 1 aromatic heterocycles. The average Bonchev–Trinajstić information content (AvgIpc) is 3.01. The van der Waals surface area contributed by atoms with E-state index in [0.29, 0.717) is 16.4 Å². The molecular formula is C14H15ClN4O3. The first-order chi connectivity index (χ1) is 10.5. The molecule has 1 unspecified atom stereocenters. The molecule has 7 nitrogen and oxygen atoms in total. The third-order valence-corrected chi connectivity index (χ3v) is 3.12. The highest BCUT2D eigenvalue weighted by Gasteiger charge is 2.16. The Morgan fingerprint density at radius 2 is 2.18 bits per heavy atom. The van der Waals surface area contributed by atoms with Crippen LogP contribution in [0.1, 0.15) is 6.92 Å². The molecule has 0 aliphatic heterocycles. The van der Waals surface area contributed by atoms with E-state index in [2.05, 4.69) is 15.7 Å². The number of nitrogens with one attached hydrogen (secondary N) is 2. The molecule has 3 N–H and O–H groups in total. The normalized spacial score (nSPS) is 11.8. The first-order valence-electron chi connectivity index (χ1n) is 6.53. The fourth-order valence-corrected chi connectivity index (χ4v) is 1.97. The van der Waals surface area contributed by atoms with Gasteiger partial charge in [0.25, 0.3) is 0 Å². The summed E-state index contributed by atoms with van der Waals surface area (Å²) in [7, 11) is 0. The molecule has 2 aromatic rings. The number of aromatic nitrogens is 2. The zero-order valence-corrected chi connectivity index (χ0v) is 12.5. The third-order valence-electron chi connectivity index (χ3n) is 2.81. The molecule has 0 aliphatic carbocycles. The molecule has 1 heterocycles. The number of halogens is 1. The van der Waals surface area contributed by atoms with Gasteiger partial charge in [-0.1, -0.05) is 11.6 Å². The number of aliphatic hydroxyl groups is 1. The van der Waals surface area contributed by atoms with E-state index < -0.39 is 17.9 Å². The van der Waals surface area contributed by atoms with Crippen molar-refractivity contribution in [1.29, 1.82) is 0 Å². The molecule has 1 atom stereocenters. The van der Waals surface area contributed by atoms with Crippen LogP contribution in [0.5, 0.6) is 0 Å². The van der Waals surface area contributed by atoms with Crippen LogP contribution in [0, 0.1) is 0 Å². The van der Waals surface area contributed by atoms with Crippen molar-refractivity contribution in [3.63, 3.8) is 0 Å². The predicted octanol–water partition coefficient (Wildman–Crippen LogP) is 0.961. The first-order valence-corrected chi connectivity index (χ1v) is 6.91. The fraction of sp³-hybridized carbons (Fsp3) is 0.214. The van der Waals surface area contributed by atoms with Gasteiger partial charge in [0.15, 0.2) is 0 Å². The molecule has 0 aliphatic rings. The van der Waals surface area contributed by atoms with Crippen molar-refractivity contribution in [2.45, 2.75) is 13.0 Å². The van der Waals surface area contributed by atoms with Crippen molar-refractivity contribution in [3.05, 3.63) is 41.7 Å². The van der Waals surface area contributed by atoms with Crippen LogP contribution in [0.3, 0.4) is 0 Å². The van der Waals surface area contributed by atoms with Gasteiger partial charge in [-0.2, -0.15) is 5.10 Å². The summed E-state index contributed by atoms with van der Waals surface area (Å²) in [5, 5.41) is 18.1. The standard InChI is InChI=1S/C14H15ClN4O3/c1-9(8-20)17-13(21)14(22)18-10-3-4-12(11(15)7-10)19-6-2-5-16-19/h2-7,9,20H,8H2,1H3,(H,17,21)(H,18,22). The van der Waals surface area contributed by atoms with Crippen molar-refractivity contribution in [2.75, 3.05) is 11.9 Å². The Morgan fingerprint density at radius 1 is 1.41 bits per heavy atom. The van der Waals surface area contributed by atoms with Crippen LogP contribution in [-0.4, -0.2) is 39.4 Å². The minimum absolute atomic E-state index is 0.247. The van der Waals surface area contributed by atoms with Crippen LogP contribution >= 0.6 is 11.6 Å². The van der Waals surface area contributed by atoms with Gasteiger partial charge in [0.05, 0.1) is 17.3 Å². The summed E-state index contributed by atoms with van der Waals surface area (Å²) < 4.78 is 1.59. The molecule has 2 rings (SSSR count). The number of rotatable bonds is 4. The van der Waals surface area contributed by atoms with E-state index in [1.165, 1.54) is 6.07 Å². The van der Waals surface area contributed by atoms with Crippen molar-refractivity contribution in [2.24, 2.45) is 0 Å². The van der Waals surface area contributed by atoms with E-state index in [4.69, 9.17) is 16.7 Å². The average molecular weight is 323 g/mol. The van der Waals surface area contributed by atoms with Crippen molar-refractivity contribution < 1.29 is 14.7 Å². The lowest BCUT2D eigenvalue weighted by Gasteiger charge is -2.11. The second kappa shape index (κ2) is 7.06. The Hall–Kier alpha value is -2.38. The smallest absolute Gasteiger partial charge is 0.313 e. The van der Waals surface area contributed by atoms with Gasteiger partial charge in [0.1, 0.15) is 0 Å². The molecule has 0 spiro atoms. The van der Waals surface area contributed by atoms with E-state index in [1.54, 1.807) is 42.2 Å². The minimum Gasteiger partial charge on any atom is -0.394 e. The molecule has 116 valence electrons. The molecule has 1 aromatic carbocycles. The summed E-state index contributed by atoms with van der Waals surface area (Å²) in [5.41, 5.74) is 1.04. The van der Waals surface area contributed by atoms with Crippen molar-refractivity contribution in [3.8, 4) is 5.69 Å². The Balaban J connectivity index is 2.06. The maximum Gasteiger partial charge on any atom is 0.313 e. The van der Waals surface area contributed by atoms with Gasteiger partial charge in [0, 0.05) is 24.1 Å². The summed E-state index contributed by atoms with van der Waals surface area (Å²) in [4.78, 5) is 23.3. The molecule has 0 bridgehead atoms. The van der Waals surface area contributed by atoms with E-state index >= 15 is 0 Å². The lowest BCUT2D eigenvalue weighted by atomic mass is 10.2. The Kier molecular flexibility index (Phi) is 5.13. The van der Waals surface area contributed by atoms with E-state index in [0.717, 1.165) is 0 Å². The molecule has 0 radical (unpaired) electrons. The van der Waals surface area contributed by atoms with E-state index in [-0.39, 0.29) is 6.61 Å². The zero-order valence-electron chi connectivity index (χ0n) is 11.8. The molecule has 0 fully saturated rings. The molecule has 22 heavy (non-hydrogen) atoms. The summed E-state index contributed by atoms with van der Waals surface area (Å²) in [6.45, 7) is 1.34. The largest absolute Gasteiger partial charge is 0.394 e. The number of benzene rings is 1. The maximum absolute atomic E-state index is 11.7. The van der Waals surface area contributed by atoms with Gasteiger partial charge >= 0.3 is 11.8 Å². The molecular weight excluding hydrogens is 308 g/mol. The SMILES string of the molecule is CC(CO)NC(=O)C(=O)Nc1ccc(-n2cccn2)c(Cl)c1. The monoisotopic (exact) mass is 322 g/mol. The van der Waals surface area contributed by atoms with Crippen LogP contribution in [0.4, 0.5) is 5.69 Å². The second-order valence-corrected chi connectivity index (χ2v) is 5.04. The maximum atomic E-state index is 11.7. The molecule has 2 amide bonds. The lowest BCUT2D eigenvalue weighted by Crippen LogP contribution is -2.42. The summed E-state index contributed by atoms with van der Waals surface area (Å²) in [5.74, 6) is -1.66. The highest BCUT2D eigenvalue weighted by Crippen LogP contribution is 2.23. The number of aliphatic hydroxyl groups excluding tert-OH is 1. The van der Waals surface area contributed by atoms with Crippen LogP contribution < -0.4 is 10.6 Å². The van der Waals surface area contributed by atoms with Gasteiger partial charge in [-0.3, -0.25) is 9.59 Å². The van der Waals surface area contributed by atoms with Gasteiger partial charge in [-0.25, -0.2) is 4.68 Å². The number of hydrogen-bond donors (Lipinski definition) is 3. The Morgan fingerprint density at radius 3 is 2.77 bits per heavy atom. The summed E-state index contributed by atoms with van der Waals surface area (Å²) >= 11 is 6.14.